The Morgan fingerprint density at radius 1 is 1.38 bits per heavy atom. The second-order valence-electron chi connectivity index (χ2n) is 4.21. The molecule has 0 unspecified atom stereocenters. The first-order valence-corrected chi connectivity index (χ1v) is 7.16. The number of para-hydroxylation sites is 1. The van der Waals surface area contributed by atoms with Crippen LogP contribution in [0.1, 0.15) is 5.56 Å². The van der Waals surface area contributed by atoms with Crippen LogP contribution in [0.5, 0.6) is 5.75 Å². The van der Waals surface area contributed by atoms with E-state index in [2.05, 4.69) is 5.32 Å². The van der Waals surface area contributed by atoms with Crippen molar-refractivity contribution < 1.29 is 13.9 Å². The molecule has 1 saturated heterocycles. The van der Waals surface area contributed by atoms with Gasteiger partial charge in [0.25, 0.3) is 5.91 Å². The van der Waals surface area contributed by atoms with E-state index in [1.54, 1.807) is 18.2 Å². The van der Waals surface area contributed by atoms with Crippen molar-refractivity contribution in [2.45, 2.75) is 0 Å². The van der Waals surface area contributed by atoms with Gasteiger partial charge < -0.3 is 14.5 Å². The molecule has 3 rings (SSSR count). The number of hydrogen-bond acceptors (Lipinski definition) is 6. The van der Waals surface area contributed by atoms with Crippen LogP contribution in [0.25, 0.3) is 17.0 Å². The van der Waals surface area contributed by atoms with Crippen LogP contribution in [0, 0.1) is 0 Å². The predicted molar refractivity (Wildman–Crippen MR) is 85.3 cm³/mol. The van der Waals surface area contributed by atoms with Crippen LogP contribution in [-0.4, -0.2) is 17.3 Å². The molecule has 0 saturated carbocycles. The zero-order chi connectivity index (χ0) is 15.0. The largest absolute Gasteiger partial charge is 0.493 e. The Morgan fingerprint density at radius 3 is 2.86 bits per heavy atom. The van der Waals surface area contributed by atoms with Gasteiger partial charge in [0, 0.05) is 0 Å². The number of benzene rings is 1. The number of carbonyl (C=O) groups is 1. The van der Waals surface area contributed by atoms with Gasteiger partial charge in [-0.25, -0.2) is 0 Å². The molecule has 0 atom stereocenters. The van der Waals surface area contributed by atoms with Gasteiger partial charge >= 0.3 is 0 Å². The van der Waals surface area contributed by atoms with E-state index in [0.717, 1.165) is 11.8 Å². The summed E-state index contributed by atoms with van der Waals surface area (Å²) in [7, 11) is 1.51. The first-order chi connectivity index (χ1) is 10.1. The Labute approximate surface area is 129 Å². The molecule has 1 amide bonds. The molecular formula is C14H9NO4S2. The fraction of sp³-hybridized carbons (Fsp3) is 0.0714. The zero-order valence-electron chi connectivity index (χ0n) is 10.8. The van der Waals surface area contributed by atoms with Crippen LogP contribution in [0.4, 0.5) is 0 Å². The van der Waals surface area contributed by atoms with Crippen LogP contribution < -0.4 is 15.5 Å². The summed E-state index contributed by atoms with van der Waals surface area (Å²) >= 11 is 6.02. The molecule has 0 bridgehead atoms. The lowest BCUT2D eigenvalue weighted by atomic mass is 10.1. The number of methoxy groups -OCH3 is 1. The molecule has 5 nitrogen and oxygen atoms in total. The van der Waals surface area contributed by atoms with Gasteiger partial charge in [0.15, 0.2) is 16.8 Å². The third-order valence-corrected chi connectivity index (χ3v) is 4.10. The maximum absolute atomic E-state index is 12.4. The fourth-order valence-electron chi connectivity index (χ4n) is 1.97. The number of thiocarbonyl (C=S) groups is 1. The first kappa shape index (κ1) is 13.8. The molecule has 1 aliphatic heterocycles. The molecule has 1 aromatic carbocycles. The van der Waals surface area contributed by atoms with Crippen LogP contribution >= 0.6 is 24.0 Å². The van der Waals surface area contributed by atoms with Crippen LogP contribution in [-0.2, 0) is 4.79 Å². The lowest BCUT2D eigenvalue weighted by molar-refractivity contribution is -0.115. The summed E-state index contributed by atoms with van der Waals surface area (Å²) in [6.07, 6.45) is 2.79. The van der Waals surface area contributed by atoms with Crippen LogP contribution in [0.2, 0.25) is 0 Å². The second-order valence-corrected chi connectivity index (χ2v) is 5.93. The molecule has 0 spiro atoms. The van der Waals surface area contributed by atoms with Gasteiger partial charge in [-0.3, -0.25) is 9.59 Å². The highest BCUT2D eigenvalue weighted by molar-refractivity contribution is 8.26. The minimum absolute atomic E-state index is 0.228. The Kier molecular flexibility index (Phi) is 3.52. The maximum Gasteiger partial charge on any atom is 0.263 e. The molecule has 106 valence electrons. The number of thioether (sulfide) groups is 1. The van der Waals surface area contributed by atoms with E-state index in [1.807, 2.05) is 0 Å². The molecule has 7 heteroatoms. The van der Waals surface area contributed by atoms with Crippen molar-refractivity contribution in [2.75, 3.05) is 7.11 Å². The zero-order valence-corrected chi connectivity index (χ0v) is 12.5. The topological polar surface area (TPSA) is 68.5 Å². The number of fused-ring (bicyclic) bond motifs is 1. The molecule has 0 aliphatic carbocycles. The number of rotatable bonds is 2. The number of ether oxygens (including phenoxy) is 1. The number of amides is 1. The lowest BCUT2D eigenvalue weighted by Crippen LogP contribution is -2.17. The van der Waals surface area contributed by atoms with Gasteiger partial charge in [-0.1, -0.05) is 30.0 Å². The van der Waals surface area contributed by atoms with E-state index >= 15 is 0 Å². The number of nitrogens with one attached hydrogen (secondary N) is 1. The smallest absolute Gasteiger partial charge is 0.263 e. The summed E-state index contributed by atoms with van der Waals surface area (Å²) in [4.78, 5) is 24.4. The second kappa shape index (κ2) is 5.34. The minimum Gasteiger partial charge on any atom is -0.493 e. The summed E-state index contributed by atoms with van der Waals surface area (Å²) in [6, 6.07) is 5.07. The third-order valence-electron chi connectivity index (χ3n) is 2.94. The van der Waals surface area contributed by atoms with Crippen molar-refractivity contribution in [2.24, 2.45) is 0 Å². The van der Waals surface area contributed by atoms with E-state index in [4.69, 9.17) is 21.4 Å². The van der Waals surface area contributed by atoms with Gasteiger partial charge in [0.05, 0.1) is 23.0 Å². The van der Waals surface area contributed by atoms with E-state index in [0.29, 0.717) is 25.9 Å². The van der Waals surface area contributed by atoms with E-state index in [1.165, 1.54) is 19.4 Å². The summed E-state index contributed by atoms with van der Waals surface area (Å²) in [6.45, 7) is 0. The summed E-state index contributed by atoms with van der Waals surface area (Å²) in [5.41, 5.74) is 0.443. The fourth-order valence-corrected chi connectivity index (χ4v) is 3.01. The highest BCUT2D eigenvalue weighted by Gasteiger charge is 2.22. The molecule has 21 heavy (non-hydrogen) atoms. The SMILES string of the molecule is COc1cccc2c(=O)c(/C=C3/SC(=S)NC3=O)coc12. The standard InChI is InChI=1S/C14H9NO4S2/c1-18-9-4-2-3-8-11(16)7(6-19-12(8)9)5-10-13(17)15-14(20)21-10/h2-6H,1H3,(H,15,17,20)/b10-5+. The Morgan fingerprint density at radius 2 is 2.19 bits per heavy atom. The summed E-state index contributed by atoms with van der Waals surface area (Å²) in [5, 5.41) is 2.89. The van der Waals surface area contributed by atoms with Gasteiger partial charge in [0.2, 0.25) is 0 Å². The monoisotopic (exact) mass is 319 g/mol. The van der Waals surface area contributed by atoms with Gasteiger partial charge in [0.1, 0.15) is 10.6 Å². The predicted octanol–water partition coefficient (Wildman–Crippen LogP) is 2.29. The Bertz CT molecular complexity index is 854. The molecule has 2 heterocycles. The average molecular weight is 319 g/mol. The highest BCUT2D eigenvalue weighted by atomic mass is 32.2. The Hall–Kier alpha value is -2.12. The van der Waals surface area contributed by atoms with Crippen molar-refractivity contribution in [3.8, 4) is 5.75 Å². The quantitative estimate of drug-likeness (QED) is 0.676. The summed E-state index contributed by atoms with van der Waals surface area (Å²) in [5.74, 6) is 0.174. The van der Waals surface area contributed by atoms with Crippen LogP contribution in [0.3, 0.4) is 0 Å². The minimum atomic E-state index is -0.310. The molecule has 1 N–H and O–H groups in total. The maximum atomic E-state index is 12.4. The molecular weight excluding hydrogens is 310 g/mol. The van der Waals surface area contributed by atoms with Crippen molar-refractivity contribution in [3.05, 3.63) is 45.2 Å². The van der Waals surface area contributed by atoms with Gasteiger partial charge in [-0.15, -0.1) is 0 Å². The molecule has 1 aromatic heterocycles. The van der Waals surface area contributed by atoms with E-state index in [9.17, 15) is 9.59 Å². The van der Waals surface area contributed by atoms with Crippen molar-refractivity contribution in [1.29, 1.82) is 0 Å². The Balaban J connectivity index is 2.16. The molecule has 2 aromatic rings. The van der Waals surface area contributed by atoms with Crippen molar-refractivity contribution >= 4 is 51.3 Å². The summed E-state index contributed by atoms with van der Waals surface area (Å²) < 4.78 is 11.0. The molecule has 1 fully saturated rings. The van der Waals surface area contributed by atoms with Crippen molar-refractivity contribution in [3.63, 3.8) is 0 Å². The molecule has 1 aliphatic rings. The highest BCUT2D eigenvalue weighted by Crippen LogP contribution is 2.27. The van der Waals surface area contributed by atoms with E-state index in [-0.39, 0.29) is 16.9 Å². The first-order valence-electron chi connectivity index (χ1n) is 5.93. The number of carbonyl (C=O) groups excluding carboxylic acids is 1. The van der Waals surface area contributed by atoms with E-state index < -0.39 is 0 Å². The van der Waals surface area contributed by atoms with Gasteiger partial charge in [-0.2, -0.15) is 0 Å². The van der Waals surface area contributed by atoms with Crippen molar-refractivity contribution in [1.82, 2.24) is 5.32 Å². The lowest BCUT2D eigenvalue weighted by Gasteiger charge is -2.04. The molecule has 0 radical (unpaired) electrons. The van der Waals surface area contributed by atoms with Gasteiger partial charge in [-0.05, 0) is 18.2 Å². The third kappa shape index (κ3) is 2.45. The number of hydrogen-bond donors (Lipinski definition) is 1. The van der Waals surface area contributed by atoms with Crippen LogP contribution in [0.15, 0.2) is 38.6 Å². The normalized spacial score (nSPS) is 16.5. The average Bonchev–Trinajstić information content (AvgIpc) is 2.79.